The Morgan fingerprint density at radius 1 is 1.56 bits per heavy atom. The maximum absolute atomic E-state index is 10.8. The first kappa shape index (κ1) is 5.20. The van der Waals surface area contributed by atoms with Gasteiger partial charge in [-0.3, -0.25) is 9.17 Å². The van der Waals surface area contributed by atoms with Crippen LogP contribution in [-0.2, 0) is 0 Å². The van der Waals surface area contributed by atoms with Gasteiger partial charge in [0.15, 0.2) is 0 Å². The lowest BCUT2D eigenvalue weighted by Crippen LogP contribution is -1.92. The van der Waals surface area contributed by atoms with E-state index in [2.05, 4.69) is 4.37 Å². The standard InChI is InChI=1S/C5H3NOS2/c7-5-4-3(9-6-5)1-2-8-4/h1-2H,(H,6,7). The second kappa shape index (κ2) is 1.68. The minimum Gasteiger partial charge on any atom is -0.276 e. The fourth-order valence-corrected chi connectivity index (χ4v) is 2.42. The first-order chi connectivity index (χ1) is 4.38. The monoisotopic (exact) mass is 157 g/mol. The molecule has 0 saturated carbocycles. The molecule has 2 heterocycles. The van der Waals surface area contributed by atoms with Gasteiger partial charge < -0.3 is 0 Å². The molecule has 1 N–H and O–H groups in total. The molecule has 4 heteroatoms. The Morgan fingerprint density at radius 2 is 2.44 bits per heavy atom. The third kappa shape index (κ3) is 0.635. The van der Waals surface area contributed by atoms with Crippen LogP contribution in [0, 0.1) is 0 Å². The van der Waals surface area contributed by atoms with E-state index < -0.39 is 0 Å². The van der Waals surface area contributed by atoms with Gasteiger partial charge in [-0.25, -0.2) is 0 Å². The van der Waals surface area contributed by atoms with Crippen LogP contribution in [0.15, 0.2) is 16.2 Å². The van der Waals surface area contributed by atoms with Gasteiger partial charge in [-0.15, -0.1) is 11.3 Å². The number of hydrogen-bond donors (Lipinski definition) is 1. The summed E-state index contributed by atoms with van der Waals surface area (Å²) in [6.07, 6.45) is 0. The highest BCUT2D eigenvalue weighted by Gasteiger charge is 1.99. The van der Waals surface area contributed by atoms with Crippen molar-refractivity contribution in [1.82, 2.24) is 4.37 Å². The molecule has 0 aromatic carbocycles. The van der Waals surface area contributed by atoms with Gasteiger partial charge in [0, 0.05) is 0 Å². The van der Waals surface area contributed by atoms with E-state index in [0.717, 1.165) is 9.40 Å². The number of nitrogens with one attached hydrogen (secondary N) is 1. The zero-order chi connectivity index (χ0) is 6.27. The molecule has 0 radical (unpaired) electrons. The normalized spacial score (nSPS) is 10.7. The molecule has 2 aromatic rings. The molecule has 0 amide bonds. The Bertz CT molecular complexity index is 369. The summed E-state index contributed by atoms with van der Waals surface area (Å²) in [5, 5.41) is 1.93. The quantitative estimate of drug-likeness (QED) is 0.619. The van der Waals surface area contributed by atoms with Crippen molar-refractivity contribution in [2.75, 3.05) is 0 Å². The number of rotatable bonds is 0. The van der Waals surface area contributed by atoms with Crippen molar-refractivity contribution in [3.05, 3.63) is 21.8 Å². The summed E-state index contributed by atoms with van der Waals surface area (Å²) in [6.45, 7) is 0. The Hall–Kier alpha value is -0.610. The van der Waals surface area contributed by atoms with Crippen LogP contribution in [0.5, 0.6) is 0 Å². The number of H-pyrrole nitrogens is 1. The van der Waals surface area contributed by atoms with Gasteiger partial charge in [0.25, 0.3) is 5.56 Å². The first-order valence-corrected chi connectivity index (χ1v) is 4.12. The summed E-state index contributed by atoms with van der Waals surface area (Å²) in [7, 11) is 0. The third-order valence-corrected chi connectivity index (χ3v) is 2.98. The average molecular weight is 157 g/mol. The maximum Gasteiger partial charge on any atom is 0.275 e. The van der Waals surface area contributed by atoms with Crippen LogP contribution in [0.25, 0.3) is 9.40 Å². The van der Waals surface area contributed by atoms with E-state index in [-0.39, 0.29) is 5.56 Å². The molecule has 0 atom stereocenters. The fraction of sp³-hybridized carbons (Fsp3) is 0. The van der Waals surface area contributed by atoms with Crippen molar-refractivity contribution in [3.63, 3.8) is 0 Å². The van der Waals surface area contributed by atoms with Crippen LogP contribution >= 0.6 is 22.9 Å². The molecular formula is C5H3NOS2. The predicted molar refractivity (Wildman–Crippen MR) is 40.3 cm³/mol. The highest BCUT2D eigenvalue weighted by molar-refractivity contribution is 7.24. The topological polar surface area (TPSA) is 32.9 Å². The Kier molecular flexibility index (Phi) is 0.972. The van der Waals surface area contributed by atoms with E-state index >= 15 is 0 Å². The zero-order valence-corrected chi connectivity index (χ0v) is 6.01. The predicted octanol–water partition coefficient (Wildman–Crippen LogP) is 1.65. The van der Waals surface area contributed by atoms with Crippen molar-refractivity contribution in [2.24, 2.45) is 0 Å². The van der Waals surface area contributed by atoms with Gasteiger partial charge in [-0.1, -0.05) is 11.5 Å². The SMILES string of the molecule is O=c1[nH]sc2ccsc12. The Balaban J connectivity index is 3.17. The fourth-order valence-electron chi connectivity index (χ4n) is 0.691. The van der Waals surface area contributed by atoms with Gasteiger partial charge in [0.05, 0.1) is 4.70 Å². The highest BCUT2D eigenvalue weighted by Crippen LogP contribution is 2.18. The van der Waals surface area contributed by atoms with Crippen molar-refractivity contribution in [2.45, 2.75) is 0 Å². The van der Waals surface area contributed by atoms with Crippen molar-refractivity contribution in [1.29, 1.82) is 0 Å². The minimum atomic E-state index is 0.0463. The smallest absolute Gasteiger partial charge is 0.275 e. The van der Waals surface area contributed by atoms with Gasteiger partial charge in [-0.2, -0.15) is 0 Å². The van der Waals surface area contributed by atoms with E-state index in [0.29, 0.717) is 0 Å². The first-order valence-electron chi connectivity index (χ1n) is 2.42. The number of hydrogen-bond acceptors (Lipinski definition) is 3. The number of thiophene rings is 1. The highest BCUT2D eigenvalue weighted by atomic mass is 32.1. The van der Waals surface area contributed by atoms with Crippen LogP contribution in [0.3, 0.4) is 0 Å². The van der Waals surface area contributed by atoms with E-state index in [4.69, 9.17) is 0 Å². The number of fused-ring (bicyclic) bond motifs is 1. The lowest BCUT2D eigenvalue weighted by Gasteiger charge is -1.60. The van der Waals surface area contributed by atoms with Crippen molar-refractivity contribution < 1.29 is 0 Å². The second-order valence-electron chi connectivity index (χ2n) is 1.65. The minimum absolute atomic E-state index is 0.0463. The Labute approximate surface area is 58.9 Å². The summed E-state index contributed by atoms with van der Waals surface area (Å²) in [5.41, 5.74) is 0.0463. The molecule has 0 saturated heterocycles. The summed E-state index contributed by atoms with van der Waals surface area (Å²) in [6, 6.07) is 1.95. The zero-order valence-electron chi connectivity index (χ0n) is 4.38. The largest absolute Gasteiger partial charge is 0.276 e. The molecule has 9 heavy (non-hydrogen) atoms. The Morgan fingerprint density at radius 3 is 3.22 bits per heavy atom. The van der Waals surface area contributed by atoms with Crippen LogP contribution < -0.4 is 5.56 Å². The van der Waals surface area contributed by atoms with Gasteiger partial charge in [0.1, 0.15) is 4.70 Å². The summed E-state index contributed by atoms with van der Waals surface area (Å²) >= 11 is 2.88. The molecule has 46 valence electrons. The molecule has 0 aliphatic rings. The summed E-state index contributed by atoms with van der Waals surface area (Å²) < 4.78 is 4.56. The molecule has 0 spiro atoms. The molecule has 2 aromatic heterocycles. The molecule has 0 fully saturated rings. The van der Waals surface area contributed by atoms with Crippen LogP contribution in [-0.4, -0.2) is 4.37 Å². The van der Waals surface area contributed by atoms with E-state index in [1.165, 1.54) is 22.9 Å². The van der Waals surface area contributed by atoms with Crippen LogP contribution in [0.2, 0.25) is 0 Å². The van der Waals surface area contributed by atoms with Crippen LogP contribution in [0.4, 0.5) is 0 Å². The van der Waals surface area contributed by atoms with Crippen molar-refractivity contribution >= 4 is 32.3 Å². The van der Waals surface area contributed by atoms with Gasteiger partial charge >= 0.3 is 0 Å². The van der Waals surface area contributed by atoms with E-state index in [1.54, 1.807) is 0 Å². The maximum atomic E-state index is 10.8. The van der Waals surface area contributed by atoms with Crippen LogP contribution in [0.1, 0.15) is 0 Å². The van der Waals surface area contributed by atoms with E-state index in [1.807, 2.05) is 11.4 Å². The third-order valence-electron chi connectivity index (χ3n) is 1.09. The number of aromatic nitrogens is 1. The average Bonchev–Trinajstić information content (AvgIpc) is 2.35. The molecule has 0 unspecified atom stereocenters. The molecule has 2 nitrogen and oxygen atoms in total. The second-order valence-corrected chi connectivity index (χ2v) is 3.41. The molecule has 0 aliphatic carbocycles. The summed E-state index contributed by atoms with van der Waals surface area (Å²) in [4.78, 5) is 10.8. The molecular weight excluding hydrogens is 154 g/mol. The molecule has 0 aliphatic heterocycles. The number of aromatic amines is 1. The van der Waals surface area contributed by atoms with Gasteiger partial charge in [0.2, 0.25) is 0 Å². The van der Waals surface area contributed by atoms with Crippen molar-refractivity contribution in [3.8, 4) is 0 Å². The molecule has 0 bridgehead atoms. The lowest BCUT2D eigenvalue weighted by molar-refractivity contribution is 1.48. The van der Waals surface area contributed by atoms with Gasteiger partial charge in [-0.05, 0) is 11.4 Å². The molecule has 2 rings (SSSR count). The lowest BCUT2D eigenvalue weighted by atomic mass is 10.6. The van der Waals surface area contributed by atoms with E-state index in [9.17, 15) is 4.79 Å². The summed E-state index contributed by atoms with van der Waals surface area (Å²) in [5.74, 6) is 0.